The Morgan fingerprint density at radius 3 is 2.22 bits per heavy atom. The van der Waals surface area contributed by atoms with Gasteiger partial charge in [-0.15, -0.1) is 0 Å². The van der Waals surface area contributed by atoms with Crippen LogP contribution in [0.3, 0.4) is 0 Å². The Morgan fingerprint density at radius 2 is 2.11 bits per heavy atom. The molecule has 0 saturated carbocycles. The second kappa shape index (κ2) is 3.95. The number of likely N-dealkylation sites (tertiary alicyclic amines) is 1. The van der Waals surface area contributed by atoms with E-state index in [9.17, 15) is 5.11 Å². The van der Waals surface area contributed by atoms with Crippen LogP contribution in [0.5, 0.6) is 0 Å². The Hall–Kier alpha value is 0.936. The van der Waals surface area contributed by atoms with Crippen LogP contribution in [0.2, 0.25) is 0 Å². The van der Waals surface area contributed by atoms with Gasteiger partial charge in [0.1, 0.15) is 0 Å². The SMILES string of the molecule is C=C([O-])N1CC(O)C1.[K+]. The van der Waals surface area contributed by atoms with E-state index in [0.717, 1.165) is 0 Å². The monoisotopic (exact) mass is 153 g/mol. The van der Waals surface area contributed by atoms with Gasteiger partial charge in [0, 0.05) is 13.1 Å². The van der Waals surface area contributed by atoms with Crippen molar-refractivity contribution in [3.63, 3.8) is 0 Å². The minimum Gasteiger partial charge on any atom is -0.861 e. The van der Waals surface area contributed by atoms with Crippen LogP contribution in [0, 0.1) is 0 Å². The Balaban J connectivity index is 0.000000640. The van der Waals surface area contributed by atoms with Crippen molar-refractivity contribution in [2.24, 2.45) is 0 Å². The molecule has 46 valence electrons. The van der Waals surface area contributed by atoms with Gasteiger partial charge in [-0.1, -0.05) is 6.58 Å². The first-order valence-electron chi connectivity index (χ1n) is 2.49. The normalized spacial score (nSPS) is 18.1. The van der Waals surface area contributed by atoms with E-state index >= 15 is 0 Å². The molecule has 0 aromatic heterocycles. The molecule has 1 aliphatic rings. The molecule has 1 rings (SSSR count). The maximum absolute atomic E-state index is 10.3. The largest absolute Gasteiger partial charge is 1.00 e. The molecule has 3 nitrogen and oxygen atoms in total. The molecule has 0 bridgehead atoms. The quantitative estimate of drug-likeness (QED) is 0.305. The molecule has 0 amide bonds. The van der Waals surface area contributed by atoms with Gasteiger partial charge in [-0.2, -0.15) is 0 Å². The van der Waals surface area contributed by atoms with E-state index in [2.05, 4.69) is 6.58 Å². The summed E-state index contributed by atoms with van der Waals surface area (Å²) in [7, 11) is 0. The van der Waals surface area contributed by atoms with Crippen molar-refractivity contribution in [3.8, 4) is 0 Å². The maximum atomic E-state index is 10.3. The van der Waals surface area contributed by atoms with Crippen LogP contribution in [0.25, 0.3) is 0 Å². The minimum atomic E-state index is -0.305. The van der Waals surface area contributed by atoms with Gasteiger partial charge in [-0.3, -0.25) is 0 Å². The summed E-state index contributed by atoms with van der Waals surface area (Å²) in [6.07, 6.45) is -0.305. The molecule has 0 aromatic carbocycles. The average Bonchev–Trinajstić information content (AvgIpc) is 1.57. The number of β-amino-alcohol motifs (C(OH)–C–C–N with tert-alkyl or cyclic N) is 1. The molecule has 0 aliphatic carbocycles. The number of nitrogens with zero attached hydrogens (tertiary/aromatic N) is 1. The van der Waals surface area contributed by atoms with Gasteiger partial charge in [0.15, 0.2) is 0 Å². The summed E-state index contributed by atoms with van der Waals surface area (Å²) in [4.78, 5) is 1.49. The van der Waals surface area contributed by atoms with Crippen LogP contribution in [0.4, 0.5) is 0 Å². The van der Waals surface area contributed by atoms with Gasteiger partial charge in [0.25, 0.3) is 0 Å². The molecule has 1 fully saturated rings. The van der Waals surface area contributed by atoms with Gasteiger partial charge >= 0.3 is 51.4 Å². The zero-order chi connectivity index (χ0) is 6.15. The van der Waals surface area contributed by atoms with Gasteiger partial charge in [0.2, 0.25) is 0 Å². The number of aliphatic hydroxyl groups is 1. The Labute approximate surface area is 96.8 Å². The first kappa shape index (κ1) is 9.94. The average molecular weight is 153 g/mol. The first-order chi connectivity index (χ1) is 3.70. The molecule has 1 saturated heterocycles. The van der Waals surface area contributed by atoms with E-state index in [-0.39, 0.29) is 63.4 Å². The summed E-state index contributed by atoms with van der Waals surface area (Å²) < 4.78 is 0. The molecule has 4 heteroatoms. The third-order valence-corrected chi connectivity index (χ3v) is 1.21. The van der Waals surface area contributed by atoms with Crippen molar-refractivity contribution < 1.29 is 61.6 Å². The van der Waals surface area contributed by atoms with Crippen LogP contribution < -0.4 is 56.5 Å². The zero-order valence-corrected chi connectivity index (χ0v) is 8.62. The number of aliphatic hydroxyl groups excluding tert-OH is 1. The van der Waals surface area contributed by atoms with Gasteiger partial charge in [0.05, 0.1) is 6.10 Å². The van der Waals surface area contributed by atoms with Crippen molar-refractivity contribution >= 4 is 0 Å². The summed E-state index contributed by atoms with van der Waals surface area (Å²) in [5.74, 6) is -0.199. The topological polar surface area (TPSA) is 46.5 Å². The van der Waals surface area contributed by atoms with E-state index in [1.165, 1.54) is 4.90 Å². The smallest absolute Gasteiger partial charge is 0.861 e. The Bertz CT molecular complexity index is 112. The number of hydrogen-bond donors (Lipinski definition) is 1. The van der Waals surface area contributed by atoms with Crippen molar-refractivity contribution in [3.05, 3.63) is 12.5 Å². The second-order valence-corrected chi connectivity index (χ2v) is 1.95. The molecule has 1 aliphatic heterocycles. The predicted octanol–water partition coefficient (Wildman–Crippen LogP) is -4.50. The molecule has 0 spiro atoms. The van der Waals surface area contributed by atoms with Crippen LogP contribution in [-0.2, 0) is 0 Å². The third kappa shape index (κ3) is 2.57. The van der Waals surface area contributed by atoms with E-state index < -0.39 is 0 Å². The molecule has 0 atom stereocenters. The fraction of sp³-hybridized carbons (Fsp3) is 0.600. The van der Waals surface area contributed by atoms with Crippen molar-refractivity contribution in [2.75, 3.05) is 13.1 Å². The summed E-state index contributed by atoms with van der Waals surface area (Å²) in [6, 6.07) is 0. The summed E-state index contributed by atoms with van der Waals surface area (Å²) in [5, 5.41) is 18.9. The molecule has 0 radical (unpaired) electrons. The molecule has 1 N–H and O–H groups in total. The van der Waals surface area contributed by atoms with Crippen LogP contribution in [-0.4, -0.2) is 29.2 Å². The van der Waals surface area contributed by atoms with E-state index in [0.29, 0.717) is 13.1 Å². The van der Waals surface area contributed by atoms with Gasteiger partial charge in [-0.05, 0) is 5.88 Å². The van der Waals surface area contributed by atoms with E-state index in [1.54, 1.807) is 0 Å². The first-order valence-corrected chi connectivity index (χ1v) is 2.49. The maximum Gasteiger partial charge on any atom is 1.00 e. The fourth-order valence-corrected chi connectivity index (χ4v) is 0.659. The minimum absolute atomic E-state index is 0. The van der Waals surface area contributed by atoms with E-state index in [4.69, 9.17) is 5.11 Å². The standard InChI is InChI=1S/C5H9NO2.K/c1-4(7)6-2-5(8)3-6;/h5,7-8H,1-3H2;/q;+1/p-1. The number of rotatable bonds is 1. The van der Waals surface area contributed by atoms with Gasteiger partial charge in [-0.25, -0.2) is 0 Å². The molecule has 0 aromatic rings. The number of hydrogen-bond acceptors (Lipinski definition) is 3. The zero-order valence-electron chi connectivity index (χ0n) is 5.50. The molecule has 0 unspecified atom stereocenters. The van der Waals surface area contributed by atoms with Crippen LogP contribution in [0.1, 0.15) is 0 Å². The summed E-state index contributed by atoms with van der Waals surface area (Å²) in [5.41, 5.74) is 0. The molecule has 1 heterocycles. The Kier molecular flexibility index (Phi) is 4.36. The Morgan fingerprint density at radius 1 is 1.67 bits per heavy atom. The van der Waals surface area contributed by atoms with Crippen molar-refractivity contribution in [2.45, 2.75) is 6.10 Å². The molecule has 9 heavy (non-hydrogen) atoms. The van der Waals surface area contributed by atoms with Crippen molar-refractivity contribution in [1.82, 2.24) is 4.90 Å². The van der Waals surface area contributed by atoms with E-state index in [1.807, 2.05) is 0 Å². The third-order valence-electron chi connectivity index (χ3n) is 1.21. The van der Waals surface area contributed by atoms with Crippen LogP contribution in [0.15, 0.2) is 12.5 Å². The fourth-order valence-electron chi connectivity index (χ4n) is 0.659. The summed E-state index contributed by atoms with van der Waals surface area (Å²) >= 11 is 0. The summed E-state index contributed by atoms with van der Waals surface area (Å²) in [6.45, 7) is 4.09. The van der Waals surface area contributed by atoms with Crippen LogP contribution >= 0.6 is 0 Å². The van der Waals surface area contributed by atoms with Gasteiger partial charge < -0.3 is 15.1 Å². The second-order valence-electron chi connectivity index (χ2n) is 1.95. The molecular formula is C5H8KNO2. The predicted molar refractivity (Wildman–Crippen MR) is 26.7 cm³/mol. The van der Waals surface area contributed by atoms with Crippen molar-refractivity contribution in [1.29, 1.82) is 0 Å². The molecular weight excluding hydrogens is 145 g/mol.